The van der Waals surface area contributed by atoms with Crippen LogP contribution in [0.4, 0.5) is 8.78 Å². The first kappa shape index (κ1) is 16.2. The summed E-state index contributed by atoms with van der Waals surface area (Å²) in [5.74, 6) is 0.0996. The molecule has 0 aliphatic heterocycles. The summed E-state index contributed by atoms with van der Waals surface area (Å²) in [4.78, 5) is 12.8. The van der Waals surface area contributed by atoms with Crippen molar-refractivity contribution in [1.29, 1.82) is 0 Å². The molecule has 0 bridgehead atoms. The van der Waals surface area contributed by atoms with Crippen molar-refractivity contribution in [3.05, 3.63) is 23.8 Å². The molecule has 0 radical (unpaired) electrons. The molecule has 0 aliphatic rings. The summed E-state index contributed by atoms with van der Waals surface area (Å²) in [6.45, 7) is -2.61. The number of nitrogens with zero attached hydrogens (tertiary/aromatic N) is 1. The van der Waals surface area contributed by atoms with E-state index in [1.54, 1.807) is 26.2 Å². The van der Waals surface area contributed by atoms with E-state index < -0.39 is 6.61 Å². The van der Waals surface area contributed by atoms with E-state index >= 15 is 0 Å². The summed E-state index contributed by atoms with van der Waals surface area (Å²) in [6, 6.07) is 4.83. The third-order valence-electron chi connectivity index (χ3n) is 2.58. The first-order valence-corrected chi connectivity index (χ1v) is 5.97. The van der Waals surface area contributed by atoms with Crippen molar-refractivity contribution >= 4 is 5.91 Å². The lowest BCUT2D eigenvalue weighted by Gasteiger charge is -2.15. The summed E-state index contributed by atoms with van der Waals surface area (Å²) < 4.78 is 34.3. The van der Waals surface area contributed by atoms with Crippen molar-refractivity contribution in [2.24, 2.45) is 0 Å². The zero-order valence-corrected chi connectivity index (χ0v) is 11.7. The molecule has 0 aliphatic carbocycles. The lowest BCUT2D eigenvalue weighted by molar-refractivity contribution is -0.127. The molecule has 5 nitrogen and oxygen atoms in total. The number of halogens is 2. The number of likely N-dealkylation sites (N-methyl/N-ethyl adjacent to an activating group) is 1. The third-order valence-corrected chi connectivity index (χ3v) is 2.58. The van der Waals surface area contributed by atoms with Crippen LogP contribution in [0.2, 0.25) is 0 Å². The number of methoxy groups -OCH3 is 1. The van der Waals surface area contributed by atoms with Gasteiger partial charge in [-0.3, -0.25) is 4.79 Å². The van der Waals surface area contributed by atoms with Crippen LogP contribution < -0.4 is 14.8 Å². The molecule has 1 amide bonds. The second-order valence-corrected chi connectivity index (χ2v) is 4.22. The predicted molar refractivity (Wildman–Crippen MR) is 70.0 cm³/mol. The Morgan fingerprint density at radius 1 is 1.40 bits per heavy atom. The Balaban J connectivity index is 2.75. The molecule has 0 fully saturated rings. The fourth-order valence-corrected chi connectivity index (χ4v) is 1.55. The van der Waals surface area contributed by atoms with E-state index in [4.69, 9.17) is 4.74 Å². The average molecular weight is 288 g/mol. The van der Waals surface area contributed by atoms with Crippen molar-refractivity contribution in [3.8, 4) is 11.5 Å². The van der Waals surface area contributed by atoms with Gasteiger partial charge in [0.25, 0.3) is 0 Å². The smallest absolute Gasteiger partial charge is 0.387 e. The predicted octanol–water partition coefficient (Wildman–Crippen LogP) is 1.47. The van der Waals surface area contributed by atoms with Crippen LogP contribution in [0.15, 0.2) is 18.2 Å². The van der Waals surface area contributed by atoms with E-state index in [9.17, 15) is 13.6 Å². The van der Waals surface area contributed by atoms with Crippen molar-refractivity contribution in [2.45, 2.75) is 13.2 Å². The molecule has 1 aromatic rings. The van der Waals surface area contributed by atoms with Crippen molar-refractivity contribution in [1.82, 2.24) is 10.2 Å². The molecular weight excluding hydrogens is 270 g/mol. The normalized spacial score (nSPS) is 10.5. The molecule has 0 saturated heterocycles. The molecule has 1 aromatic carbocycles. The van der Waals surface area contributed by atoms with Crippen LogP contribution in [-0.4, -0.2) is 45.2 Å². The van der Waals surface area contributed by atoms with Gasteiger partial charge in [-0.25, -0.2) is 0 Å². The maximum atomic E-state index is 12.4. The summed E-state index contributed by atoms with van der Waals surface area (Å²) in [7, 11) is 4.65. The van der Waals surface area contributed by atoms with Crippen LogP contribution in [0.1, 0.15) is 5.56 Å². The van der Waals surface area contributed by atoms with E-state index in [1.807, 2.05) is 0 Å². The molecule has 0 aromatic heterocycles. The van der Waals surface area contributed by atoms with Crippen LogP contribution in [0.3, 0.4) is 0 Å². The van der Waals surface area contributed by atoms with Crippen LogP contribution in [0.5, 0.6) is 11.5 Å². The second kappa shape index (κ2) is 7.64. The van der Waals surface area contributed by atoms with Crippen LogP contribution >= 0.6 is 0 Å². The van der Waals surface area contributed by atoms with Gasteiger partial charge in [-0.1, -0.05) is 12.1 Å². The number of carbonyl (C=O) groups excluding carboxylic acids is 1. The first-order chi connectivity index (χ1) is 9.45. The summed E-state index contributed by atoms with van der Waals surface area (Å²) in [6.07, 6.45) is 0. The highest BCUT2D eigenvalue weighted by Crippen LogP contribution is 2.32. The Labute approximate surface area is 116 Å². The highest BCUT2D eigenvalue weighted by atomic mass is 19.3. The molecule has 0 unspecified atom stereocenters. The maximum absolute atomic E-state index is 12.4. The fourth-order valence-electron chi connectivity index (χ4n) is 1.55. The Morgan fingerprint density at radius 3 is 2.65 bits per heavy atom. The Morgan fingerprint density at radius 2 is 2.10 bits per heavy atom. The molecule has 20 heavy (non-hydrogen) atoms. The number of hydrogen-bond acceptors (Lipinski definition) is 4. The summed E-state index contributed by atoms with van der Waals surface area (Å²) in [5, 5.41) is 2.88. The van der Waals surface area contributed by atoms with Gasteiger partial charge in [-0.2, -0.15) is 8.78 Å². The van der Waals surface area contributed by atoms with Gasteiger partial charge < -0.3 is 19.7 Å². The van der Waals surface area contributed by atoms with Gasteiger partial charge in [-0.15, -0.1) is 0 Å². The standard InChI is InChI=1S/C13H18F2N2O3/c1-17(2)11(18)8-16-7-9-5-4-6-10(19-3)12(9)20-13(14)15/h4-6,13,16H,7-8H2,1-3H3. The molecule has 1 rings (SSSR count). The fraction of sp³-hybridized carbons (Fsp3) is 0.462. The monoisotopic (exact) mass is 288 g/mol. The van der Waals surface area contributed by atoms with Crippen molar-refractivity contribution in [3.63, 3.8) is 0 Å². The van der Waals surface area contributed by atoms with Crippen molar-refractivity contribution in [2.75, 3.05) is 27.7 Å². The number of benzene rings is 1. The molecule has 7 heteroatoms. The number of carbonyl (C=O) groups is 1. The lowest BCUT2D eigenvalue weighted by atomic mass is 10.2. The Bertz CT molecular complexity index is 453. The number of rotatable bonds is 7. The zero-order chi connectivity index (χ0) is 15.1. The quantitative estimate of drug-likeness (QED) is 0.825. The molecule has 0 spiro atoms. The van der Waals surface area contributed by atoms with Crippen LogP contribution in [0.25, 0.3) is 0 Å². The second-order valence-electron chi connectivity index (χ2n) is 4.22. The van der Waals surface area contributed by atoms with Gasteiger partial charge in [-0.05, 0) is 6.07 Å². The van der Waals surface area contributed by atoms with Crippen molar-refractivity contribution < 1.29 is 23.0 Å². The largest absolute Gasteiger partial charge is 0.493 e. The number of ether oxygens (including phenoxy) is 2. The molecule has 0 atom stereocenters. The average Bonchev–Trinajstić information content (AvgIpc) is 2.39. The molecule has 112 valence electrons. The SMILES string of the molecule is COc1cccc(CNCC(=O)N(C)C)c1OC(F)F. The highest BCUT2D eigenvalue weighted by molar-refractivity contribution is 5.77. The Kier molecular flexibility index (Phi) is 6.17. The topological polar surface area (TPSA) is 50.8 Å². The number of hydrogen-bond donors (Lipinski definition) is 1. The molecule has 1 N–H and O–H groups in total. The van der Waals surface area contributed by atoms with Gasteiger partial charge in [0.1, 0.15) is 0 Å². The zero-order valence-electron chi connectivity index (χ0n) is 11.7. The summed E-state index contributed by atoms with van der Waals surface area (Å²) in [5.41, 5.74) is 0.496. The maximum Gasteiger partial charge on any atom is 0.387 e. The van der Waals surface area contributed by atoms with E-state index in [0.29, 0.717) is 5.56 Å². The van der Waals surface area contributed by atoms with Gasteiger partial charge >= 0.3 is 6.61 Å². The molecular formula is C13H18F2N2O3. The number of nitrogens with one attached hydrogen (secondary N) is 1. The van der Waals surface area contributed by atoms with Gasteiger partial charge in [0.15, 0.2) is 11.5 Å². The van der Waals surface area contributed by atoms with E-state index in [1.165, 1.54) is 18.1 Å². The molecule has 0 saturated carbocycles. The van der Waals surface area contributed by atoms with Gasteiger partial charge in [0.2, 0.25) is 5.91 Å². The van der Waals surface area contributed by atoms with E-state index in [2.05, 4.69) is 10.1 Å². The van der Waals surface area contributed by atoms with Crippen LogP contribution in [0, 0.1) is 0 Å². The minimum atomic E-state index is -2.94. The number of alkyl halides is 2. The minimum absolute atomic E-state index is 0.0187. The molecule has 0 heterocycles. The number of amides is 1. The van der Waals surface area contributed by atoms with Gasteiger partial charge in [0, 0.05) is 26.2 Å². The van der Waals surface area contributed by atoms with E-state index in [0.717, 1.165) is 0 Å². The third kappa shape index (κ3) is 4.65. The minimum Gasteiger partial charge on any atom is -0.493 e. The van der Waals surface area contributed by atoms with Crippen LogP contribution in [-0.2, 0) is 11.3 Å². The lowest BCUT2D eigenvalue weighted by Crippen LogP contribution is -2.32. The number of para-hydroxylation sites is 1. The Hall–Kier alpha value is -1.89. The highest BCUT2D eigenvalue weighted by Gasteiger charge is 2.15. The van der Waals surface area contributed by atoms with Gasteiger partial charge in [0.05, 0.1) is 13.7 Å². The summed E-state index contributed by atoms with van der Waals surface area (Å²) >= 11 is 0. The first-order valence-electron chi connectivity index (χ1n) is 5.97. The van der Waals surface area contributed by atoms with E-state index in [-0.39, 0.29) is 30.5 Å².